The Morgan fingerprint density at radius 1 is 1.06 bits per heavy atom. The highest BCUT2D eigenvalue weighted by Crippen LogP contribution is 2.39. The summed E-state index contributed by atoms with van der Waals surface area (Å²) in [6.45, 7) is 4.18. The molecule has 0 aromatic heterocycles. The van der Waals surface area contributed by atoms with Crippen LogP contribution in [0.5, 0.6) is 0 Å². The summed E-state index contributed by atoms with van der Waals surface area (Å²) in [5.41, 5.74) is 4.59. The third-order valence-electron chi connectivity index (χ3n) is 6.75. The van der Waals surface area contributed by atoms with E-state index in [4.69, 9.17) is 0 Å². The van der Waals surface area contributed by atoms with E-state index in [1.807, 2.05) is 0 Å². The van der Waals surface area contributed by atoms with Gasteiger partial charge in [-0.3, -0.25) is 14.9 Å². The van der Waals surface area contributed by atoms with Crippen LogP contribution in [0.1, 0.15) is 11.1 Å². The molecule has 3 aromatic carbocycles. The van der Waals surface area contributed by atoms with Crippen LogP contribution in [0.3, 0.4) is 0 Å². The number of nitro benzene ring substituents is 1. The zero-order valence-corrected chi connectivity index (χ0v) is 18.8. The fraction of sp³-hybridized carbons (Fsp3) is 0.269. The number of nitrogens with one attached hydrogen (secondary N) is 1. The summed E-state index contributed by atoms with van der Waals surface area (Å²) in [5, 5.41) is 14.3. The van der Waals surface area contributed by atoms with E-state index in [1.165, 1.54) is 35.9 Å². The van der Waals surface area contributed by atoms with E-state index in [9.17, 15) is 19.3 Å². The molecule has 2 aliphatic heterocycles. The molecule has 3 aromatic rings. The van der Waals surface area contributed by atoms with Gasteiger partial charge in [-0.15, -0.1) is 0 Å². The molecule has 174 valence electrons. The lowest BCUT2D eigenvalue weighted by molar-refractivity contribution is -0.384. The van der Waals surface area contributed by atoms with E-state index >= 15 is 0 Å². The zero-order valence-electron chi connectivity index (χ0n) is 18.8. The first-order chi connectivity index (χ1) is 16.4. The Bertz CT molecular complexity index is 1230. The van der Waals surface area contributed by atoms with Crippen LogP contribution in [0.25, 0.3) is 0 Å². The van der Waals surface area contributed by atoms with Crippen LogP contribution < -0.4 is 15.1 Å². The second kappa shape index (κ2) is 8.78. The molecule has 0 spiro atoms. The van der Waals surface area contributed by atoms with Crippen molar-refractivity contribution in [3.63, 3.8) is 0 Å². The molecule has 2 aliphatic rings. The van der Waals surface area contributed by atoms with Crippen molar-refractivity contribution in [2.75, 3.05) is 34.8 Å². The number of carbonyl (C=O) groups is 1. The number of hydrogen-bond acceptors (Lipinski definition) is 5. The molecule has 2 atom stereocenters. The van der Waals surface area contributed by atoms with Gasteiger partial charge >= 0.3 is 0 Å². The number of hydrogen-bond donors (Lipinski definition) is 1. The monoisotopic (exact) mass is 460 g/mol. The number of rotatable bonds is 4. The number of nitro groups is 1. The first kappa shape index (κ1) is 21.9. The fourth-order valence-corrected chi connectivity index (χ4v) is 4.98. The summed E-state index contributed by atoms with van der Waals surface area (Å²) in [4.78, 5) is 28.9. The molecule has 8 heteroatoms. The molecule has 0 saturated carbocycles. The van der Waals surface area contributed by atoms with Crippen molar-refractivity contribution in [2.24, 2.45) is 5.92 Å². The van der Waals surface area contributed by atoms with E-state index in [2.05, 4.69) is 46.3 Å². The Labute approximate surface area is 197 Å². The molecule has 1 amide bonds. The summed E-state index contributed by atoms with van der Waals surface area (Å²) in [5.74, 6) is -0.971. The average molecular weight is 461 g/mol. The number of aryl methyl sites for hydroxylation is 1. The summed E-state index contributed by atoms with van der Waals surface area (Å²) in [6.07, 6.45) is 0.396. The van der Waals surface area contributed by atoms with E-state index in [0.29, 0.717) is 25.2 Å². The third kappa shape index (κ3) is 4.19. The van der Waals surface area contributed by atoms with Gasteiger partial charge in [-0.05, 0) is 61.4 Å². The molecule has 2 heterocycles. The largest absolute Gasteiger partial charge is 0.368 e. The summed E-state index contributed by atoms with van der Waals surface area (Å²) in [6, 6.07) is 18.8. The standard InChI is InChI=1S/C26H25FN4O3/c1-17-2-8-21(9-3-17)29-12-13-30-24-11-10-22(31(33)34)14-18(24)15-23(25(30)16-29)26(32)28-20-6-4-19(27)5-7-20/h2-11,14,23,25H,12-13,15-16H2,1H3,(H,28,32)/t23-,25+/m0/s1. The Kier molecular flexibility index (Phi) is 5.65. The number of nitrogens with zero attached hydrogens (tertiary/aromatic N) is 3. The quantitative estimate of drug-likeness (QED) is 0.457. The number of non-ortho nitro benzene ring substituents is 1. The van der Waals surface area contributed by atoms with Crippen molar-refractivity contribution in [1.29, 1.82) is 0 Å². The van der Waals surface area contributed by atoms with Crippen molar-refractivity contribution in [1.82, 2.24) is 0 Å². The molecule has 0 unspecified atom stereocenters. The zero-order chi connectivity index (χ0) is 23.8. The van der Waals surface area contributed by atoms with Crippen molar-refractivity contribution in [2.45, 2.75) is 19.4 Å². The predicted octanol–water partition coefficient (Wildman–Crippen LogP) is 4.55. The maximum Gasteiger partial charge on any atom is 0.269 e. The molecule has 0 radical (unpaired) electrons. The van der Waals surface area contributed by atoms with Gasteiger partial charge in [0.25, 0.3) is 5.69 Å². The molecule has 7 nitrogen and oxygen atoms in total. The minimum Gasteiger partial charge on any atom is -0.368 e. The lowest BCUT2D eigenvalue weighted by atomic mass is 9.83. The predicted molar refractivity (Wildman–Crippen MR) is 130 cm³/mol. The number of fused-ring (bicyclic) bond motifs is 3. The van der Waals surface area contributed by atoms with Crippen molar-refractivity contribution < 1.29 is 14.1 Å². The number of carbonyl (C=O) groups excluding carboxylic acids is 1. The van der Waals surface area contributed by atoms with Gasteiger partial charge in [0.2, 0.25) is 5.91 Å². The fourth-order valence-electron chi connectivity index (χ4n) is 4.98. The third-order valence-corrected chi connectivity index (χ3v) is 6.75. The number of benzene rings is 3. The molecule has 0 aliphatic carbocycles. The Hall–Kier alpha value is -3.94. The van der Waals surface area contributed by atoms with E-state index in [0.717, 1.165) is 23.5 Å². The molecule has 34 heavy (non-hydrogen) atoms. The van der Waals surface area contributed by atoms with Crippen LogP contribution in [-0.2, 0) is 11.2 Å². The number of piperazine rings is 1. The second-order valence-electron chi connectivity index (χ2n) is 8.92. The average Bonchev–Trinajstić information content (AvgIpc) is 2.84. The van der Waals surface area contributed by atoms with Crippen LogP contribution >= 0.6 is 0 Å². The maximum atomic E-state index is 13.4. The highest BCUT2D eigenvalue weighted by atomic mass is 19.1. The summed E-state index contributed by atoms with van der Waals surface area (Å²) >= 11 is 0. The summed E-state index contributed by atoms with van der Waals surface area (Å²) < 4.78 is 13.3. The van der Waals surface area contributed by atoms with Crippen LogP contribution in [0.2, 0.25) is 0 Å². The molecule has 5 rings (SSSR count). The van der Waals surface area contributed by atoms with Crippen molar-refractivity contribution >= 4 is 28.7 Å². The topological polar surface area (TPSA) is 78.7 Å². The van der Waals surface area contributed by atoms with Gasteiger partial charge < -0.3 is 15.1 Å². The first-order valence-corrected chi connectivity index (χ1v) is 11.3. The lowest BCUT2D eigenvalue weighted by Gasteiger charge is -2.49. The van der Waals surface area contributed by atoms with Crippen LogP contribution in [-0.4, -0.2) is 36.5 Å². The Morgan fingerprint density at radius 2 is 1.79 bits per heavy atom. The normalized spacial score (nSPS) is 19.2. The van der Waals surface area contributed by atoms with Gasteiger partial charge in [0, 0.05) is 48.8 Å². The molecular weight excluding hydrogens is 435 g/mol. The second-order valence-corrected chi connectivity index (χ2v) is 8.92. The number of amides is 1. The minimum absolute atomic E-state index is 0.0215. The molecule has 1 saturated heterocycles. The Morgan fingerprint density at radius 3 is 2.50 bits per heavy atom. The highest BCUT2D eigenvalue weighted by molar-refractivity contribution is 5.94. The van der Waals surface area contributed by atoms with E-state index in [1.54, 1.807) is 12.1 Å². The number of halogens is 1. The molecular formula is C26H25FN4O3. The Balaban J connectivity index is 1.47. The smallest absolute Gasteiger partial charge is 0.269 e. The maximum absolute atomic E-state index is 13.4. The van der Waals surface area contributed by atoms with Crippen molar-refractivity contribution in [3.8, 4) is 0 Å². The van der Waals surface area contributed by atoms with Gasteiger partial charge in [-0.25, -0.2) is 4.39 Å². The van der Waals surface area contributed by atoms with E-state index in [-0.39, 0.29) is 23.5 Å². The summed E-state index contributed by atoms with van der Waals surface area (Å²) in [7, 11) is 0. The van der Waals surface area contributed by atoms with Crippen LogP contribution in [0.15, 0.2) is 66.7 Å². The van der Waals surface area contributed by atoms with Gasteiger partial charge in [-0.1, -0.05) is 17.7 Å². The van der Waals surface area contributed by atoms with Crippen molar-refractivity contribution in [3.05, 3.63) is 93.8 Å². The first-order valence-electron chi connectivity index (χ1n) is 11.3. The van der Waals surface area contributed by atoms with Gasteiger partial charge in [0.1, 0.15) is 5.82 Å². The van der Waals surface area contributed by atoms with Gasteiger partial charge in [-0.2, -0.15) is 0 Å². The van der Waals surface area contributed by atoms with Crippen LogP contribution in [0, 0.1) is 28.8 Å². The van der Waals surface area contributed by atoms with E-state index < -0.39 is 10.8 Å². The molecule has 1 N–H and O–H groups in total. The SMILES string of the molecule is Cc1ccc(N2CCN3c4ccc([N+](=O)[O-])cc4C[C@H](C(=O)Nc4ccc(F)cc4)[C@H]3C2)cc1. The molecule has 0 bridgehead atoms. The number of anilines is 3. The molecule has 1 fully saturated rings. The van der Waals surface area contributed by atoms with Gasteiger partial charge in [0.15, 0.2) is 0 Å². The lowest BCUT2D eigenvalue weighted by Crippen LogP contribution is -2.60. The minimum atomic E-state index is -0.423. The highest BCUT2D eigenvalue weighted by Gasteiger charge is 2.42. The van der Waals surface area contributed by atoms with Gasteiger partial charge in [0.05, 0.1) is 16.9 Å². The van der Waals surface area contributed by atoms with Crippen LogP contribution in [0.4, 0.5) is 27.1 Å².